The van der Waals surface area contributed by atoms with Crippen molar-refractivity contribution in [2.45, 2.75) is 19.9 Å². The molecule has 0 saturated carbocycles. The molecule has 0 atom stereocenters. The molecule has 1 fully saturated rings. The van der Waals surface area contributed by atoms with Gasteiger partial charge in [0, 0.05) is 65.8 Å². The minimum absolute atomic E-state index is 0.687. The second-order valence-electron chi connectivity index (χ2n) is 7.64. The Labute approximate surface area is 186 Å². The molecule has 2 aromatic rings. The second-order valence-corrected chi connectivity index (χ2v) is 7.64. The first kappa shape index (κ1) is 22.8. The molecule has 168 valence electrons. The van der Waals surface area contributed by atoms with Crippen LogP contribution in [-0.4, -0.2) is 85.7 Å². The Bertz CT molecular complexity index is 789. The third kappa shape index (κ3) is 7.10. The van der Waals surface area contributed by atoms with E-state index in [0.717, 1.165) is 69.9 Å². The minimum atomic E-state index is 0.687. The number of rotatable bonds is 9. The molecule has 1 aliphatic rings. The number of anilines is 1. The van der Waals surface area contributed by atoms with Crippen molar-refractivity contribution in [2.75, 3.05) is 64.9 Å². The largest absolute Gasteiger partial charge is 0.494 e. The lowest BCUT2D eigenvalue weighted by molar-refractivity contribution is 0.254. The van der Waals surface area contributed by atoms with Gasteiger partial charge >= 0.3 is 0 Å². The molecule has 0 spiro atoms. The monoisotopic (exact) mass is 425 g/mol. The fourth-order valence-electron chi connectivity index (χ4n) is 3.72. The molecule has 0 unspecified atom stereocenters. The predicted molar refractivity (Wildman–Crippen MR) is 126 cm³/mol. The van der Waals surface area contributed by atoms with Gasteiger partial charge in [-0.2, -0.15) is 0 Å². The molecule has 1 saturated heterocycles. The van der Waals surface area contributed by atoms with Crippen molar-refractivity contribution in [3.05, 3.63) is 48.3 Å². The summed E-state index contributed by atoms with van der Waals surface area (Å²) in [5.74, 6) is 2.66. The topological polar surface area (TPSA) is 69.1 Å². The molecular weight excluding hydrogens is 390 g/mol. The summed E-state index contributed by atoms with van der Waals surface area (Å²) in [6, 6.07) is 10.1. The molecule has 0 radical (unpaired) electrons. The lowest BCUT2D eigenvalue weighted by Crippen LogP contribution is -2.47. The van der Waals surface area contributed by atoms with Gasteiger partial charge in [0.15, 0.2) is 5.96 Å². The van der Waals surface area contributed by atoms with Gasteiger partial charge in [0.2, 0.25) is 5.95 Å². The van der Waals surface area contributed by atoms with E-state index in [2.05, 4.69) is 54.2 Å². The number of guanidine groups is 1. The molecule has 0 aliphatic carbocycles. The maximum absolute atomic E-state index is 5.52. The van der Waals surface area contributed by atoms with E-state index in [9.17, 15) is 0 Å². The average Bonchev–Trinajstić information content (AvgIpc) is 2.81. The SMILES string of the molecule is CCOc1ccc(CN(C)C(=NC)NCCCN2CCN(c3ncccn3)CC2)cc1. The highest BCUT2D eigenvalue weighted by Crippen LogP contribution is 2.13. The minimum Gasteiger partial charge on any atom is -0.494 e. The highest BCUT2D eigenvalue weighted by atomic mass is 16.5. The Morgan fingerprint density at radius 3 is 2.48 bits per heavy atom. The predicted octanol–water partition coefficient (Wildman–Crippen LogP) is 2.09. The molecule has 1 aliphatic heterocycles. The number of hydrogen-bond donors (Lipinski definition) is 1. The quantitative estimate of drug-likeness (QED) is 0.375. The Hall–Kier alpha value is -2.87. The van der Waals surface area contributed by atoms with Gasteiger partial charge in [-0.15, -0.1) is 0 Å². The highest BCUT2D eigenvalue weighted by Gasteiger charge is 2.18. The van der Waals surface area contributed by atoms with E-state index >= 15 is 0 Å². The lowest BCUT2D eigenvalue weighted by atomic mass is 10.2. The zero-order chi connectivity index (χ0) is 21.9. The summed E-state index contributed by atoms with van der Waals surface area (Å²) in [5.41, 5.74) is 1.23. The normalized spacial score (nSPS) is 15.1. The number of nitrogens with zero attached hydrogens (tertiary/aromatic N) is 6. The summed E-state index contributed by atoms with van der Waals surface area (Å²) >= 11 is 0. The number of ether oxygens (including phenoxy) is 1. The van der Waals surface area contributed by atoms with Crippen molar-refractivity contribution in [3.8, 4) is 5.75 Å². The van der Waals surface area contributed by atoms with E-state index in [1.165, 1.54) is 5.56 Å². The fourth-order valence-corrected chi connectivity index (χ4v) is 3.72. The number of piperazine rings is 1. The number of aliphatic imine (C=N–C) groups is 1. The molecule has 8 nitrogen and oxygen atoms in total. The highest BCUT2D eigenvalue weighted by molar-refractivity contribution is 5.79. The Kier molecular flexibility index (Phi) is 8.90. The van der Waals surface area contributed by atoms with Crippen LogP contribution in [0.25, 0.3) is 0 Å². The first-order valence-corrected chi connectivity index (χ1v) is 11.1. The third-order valence-corrected chi connectivity index (χ3v) is 5.37. The summed E-state index contributed by atoms with van der Waals surface area (Å²) in [7, 11) is 3.90. The Morgan fingerprint density at radius 1 is 1.13 bits per heavy atom. The third-order valence-electron chi connectivity index (χ3n) is 5.37. The molecule has 8 heteroatoms. The van der Waals surface area contributed by atoms with Crippen molar-refractivity contribution in [1.29, 1.82) is 0 Å². The van der Waals surface area contributed by atoms with Crippen molar-refractivity contribution >= 4 is 11.9 Å². The van der Waals surface area contributed by atoms with Gasteiger partial charge in [-0.25, -0.2) is 9.97 Å². The first-order valence-electron chi connectivity index (χ1n) is 11.1. The van der Waals surface area contributed by atoms with E-state index in [4.69, 9.17) is 4.74 Å². The van der Waals surface area contributed by atoms with Gasteiger partial charge in [0.05, 0.1) is 6.61 Å². The number of hydrogen-bond acceptors (Lipinski definition) is 6. The zero-order valence-electron chi connectivity index (χ0n) is 19.0. The maximum Gasteiger partial charge on any atom is 0.225 e. The number of aromatic nitrogens is 2. The Balaban J connectivity index is 1.34. The van der Waals surface area contributed by atoms with Crippen LogP contribution < -0.4 is 15.0 Å². The molecule has 3 rings (SSSR count). The maximum atomic E-state index is 5.52. The zero-order valence-corrected chi connectivity index (χ0v) is 19.0. The van der Waals surface area contributed by atoms with Crippen LogP contribution in [0.1, 0.15) is 18.9 Å². The van der Waals surface area contributed by atoms with Crippen molar-refractivity contribution < 1.29 is 4.74 Å². The van der Waals surface area contributed by atoms with Crippen LogP contribution in [0.5, 0.6) is 5.75 Å². The molecule has 31 heavy (non-hydrogen) atoms. The molecule has 1 N–H and O–H groups in total. The van der Waals surface area contributed by atoms with Crippen molar-refractivity contribution in [2.24, 2.45) is 4.99 Å². The van der Waals surface area contributed by atoms with Crippen LogP contribution in [0.15, 0.2) is 47.7 Å². The van der Waals surface area contributed by atoms with Gasteiger partial charge in [-0.3, -0.25) is 9.89 Å². The molecule has 0 bridgehead atoms. The summed E-state index contributed by atoms with van der Waals surface area (Å²) in [4.78, 5) is 20.0. The van der Waals surface area contributed by atoms with Crippen LogP contribution >= 0.6 is 0 Å². The standard InChI is InChI=1S/C23H35N7O/c1-4-31-21-9-7-20(8-10-21)19-28(3)22(24-2)25-13-6-14-29-15-17-30(18-16-29)23-26-11-5-12-27-23/h5,7-12H,4,6,13-19H2,1-3H3,(H,24,25). The second kappa shape index (κ2) is 12.1. The first-order chi connectivity index (χ1) is 15.2. The van der Waals surface area contributed by atoms with E-state index < -0.39 is 0 Å². The van der Waals surface area contributed by atoms with Crippen LogP contribution in [0, 0.1) is 0 Å². The smallest absolute Gasteiger partial charge is 0.225 e. The van der Waals surface area contributed by atoms with Gasteiger partial charge in [-0.05, 0) is 43.7 Å². The molecule has 1 aromatic carbocycles. The van der Waals surface area contributed by atoms with Crippen LogP contribution in [0.3, 0.4) is 0 Å². The summed E-state index contributed by atoms with van der Waals surface area (Å²) in [6.45, 7) is 9.51. The van der Waals surface area contributed by atoms with Crippen molar-refractivity contribution in [1.82, 2.24) is 25.1 Å². The van der Waals surface area contributed by atoms with Crippen LogP contribution in [-0.2, 0) is 6.54 Å². The molecule has 1 aromatic heterocycles. The molecular formula is C23H35N7O. The summed E-state index contributed by atoms with van der Waals surface area (Å²) in [5, 5.41) is 3.49. The lowest BCUT2D eigenvalue weighted by Gasteiger charge is -2.34. The summed E-state index contributed by atoms with van der Waals surface area (Å²) < 4.78 is 5.52. The van der Waals surface area contributed by atoms with E-state index in [-0.39, 0.29) is 0 Å². The van der Waals surface area contributed by atoms with Gasteiger partial charge in [0.1, 0.15) is 5.75 Å². The summed E-state index contributed by atoms with van der Waals surface area (Å²) in [6.07, 6.45) is 4.69. The Morgan fingerprint density at radius 2 is 1.84 bits per heavy atom. The van der Waals surface area contributed by atoms with Gasteiger partial charge in [-0.1, -0.05) is 12.1 Å². The van der Waals surface area contributed by atoms with Crippen LogP contribution in [0.4, 0.5) is 5.95 Å². The van der Waals surface area contributed by atoms with E-state index in [1.807, 2.05) is 32.2 Å². The number of benzene rings is 1. The number of nitrogens with one attached hydrogen (secondary N) is 1. The van der Waals surface area contributed by atoms with Gasteiger partial charge in [0.25, 0.3) is 0 Å². The van der Waals surface area contributed by atoms with E-state index in [0.29, 0.717) is 6.61 Å². The average molecular weight is 426 g/mol. The molecule has 0 amide bonds. The van der Waals surface area contributed by atoms with E-state index in [1.54, 1.807) is 12.4 Å². The van der Waals surface area contributed by atoms with Crippen molar-refractivity contribution in [3.63, 3.8) is 0 Å². The fraction of sp³-hybridized carbons (Fsp3) is 0.522. The molecule has 2 heterocycles. The van der Waals surface area contributed by atoms with Crippen LogP contribution in [0.2, 0.25) is 0 Å². The van der Waals surface area contributed by atoms with Gasteiger partial charge < -0.3 is 19.9 Å².